The fourth-order valence-electron chi connectivity index (χ4n) is 6.02. The van der Waals surface area contributed by atoms with Crippen molar-refractivity contribution in [1.82, 2.24) is 14.8 Å². The molecule has 2 amide bonds. The molecule has 0 saturated heterocycles. The van der Waals surface area contributed by atoms with E-state index in [1.165, 1.54) is 19.3 Å². The largest absolute Gasteiger partial charge is 0.351 e. The number of amides is 2. The third-order valence-electron chi connectivity index (χ3n) is 8.08. The number of hydrogen-bond donors (Lipinski definition) is 1. The monoisotopic (exact) mass is 483 g/mol. The summed E-state index contributed by atoms with van der Waals surface area (Å²) in [5, 5.41) is 3.39. The maximum atomic E-state index is 14.1. The summed E-state index contributed by atoms with van der Waals surface area (Å²) in [6.07, 6.45) is 8.05. The highest BCUT2D eigenvalue weighted by atomic mass is 16.2. The molecule has 2 unspecified atom stereocenters. The summed E-state index contributed by atoms with van der Waals surface area (Å²) in [5.74, 6) is -0.155. The maximum absolute atomic E-state index is 14.1. The lowest BCUT2D eigenvalue weighted by Gasteiger charge is -2.48. The van der Waals surface area contributed by atoms with Crippen LogP contribution in [-0.2, 0) is 11.3 Å². The van der Waals surface area contributed by atoms with Gasteiger partial charge in [0, 0.05) is 11.7 Å². The topological polar surface area (TPSA) is 54.3 Å². The Hall–Kier alpha value is -3.34. The molecular formula is C31H37N3O2. The van der Waals surface area contributed by atoms with Crippen LogP contribution in [0.1, 0.15) is 80.9 Å². The summed E-state index contributed by atoms with van der Waals surface area (Å²) in [6.45, 7) is 4.40. The molecule has 2 aromatic carbocycles. The molecule has 0 bridgehead atoms. The van der Waals surface area contributed by atoms with Gasteiger partial charge in [0.1, 0.15) is 11.2 Å². The van der Waals surface area contributed by atoms with Gasteiger partial charge in [0.05, 0.1) is 12.6 Å². The fourth-order valence-corrected chi connectivity index (χ4v) is 6.02. The van der Waals surface area contributed by atoms with Gasteiger partial charge in [-0.2, -0.15) is 0 Å². The minimum atomic E-state index is -1.02. The van der Waals surface area contributed by atoms with Crippen LogP contribution in [0.15, 0.2) is 72.8 Å². The van der Waals surface area contributed by atoms with Gasteiger partial charge in [0.25, 0.3) is 5.91 Å². The molecule has 2 heterocycles. The number of aromatic nitrogens is 1. The molecule has 0 radical (unpaired) electrons. The van der Waals surface area contributed by atoms with Crippen LogP contribution in [0, 0.1) is 0 Å². The molecular weight excluding hydrogens is 446 g/mol. The van der Waals surface area contributed by atoms with E-state index in [1.54, 1.807) is 0 Å². The molecule has 1 fully saturated rings. The van der Waals surface area contributed by atoms with Crippen molar-refractivity contribution in [2.45, 2.75) is 83.0 Å². The minimum Gasteiger partial charge on any atom is -0.351 e. The second-order valence-electron chi connectivity index (χ2n) is 10.6. The van der Waals surface area contributed by atoms with Crippen molar-refractivity contribution in [3.05, 3.63) is 84.1 Å². The molecule has 36 heavy (non-hydrogen) atoms. The van der Waals surface area contributed by atoms with Gasteiger partial charge in [-0.15, -0.1) is 0 Å². The first-order chi connectivity index (χ1) is 17.5. The molecule has 2 aliphatic rings. The first-order valence-corrected chi connectivity index (χ1v) is 13.4. The van der Waals surface area contributed by atoms with Crippen LogP contribution in [0.5, 0.6) is 0 Å². The molecule has 188 valence electrons. The van der Waals surface area contributed by atoms with Crippen molar-refractivity contribution in [3.8, 4) is 11.3 Å². The average Bonchev–Trinajstić information content (AvgIpc) is 3.30. The number of nitrogens with zero attached hydrogens (tertiary/aromatic N) is 2. The molecule has 1 aromatic heterocycles. The lowest BCUT2D eigenvalue weighted by atomic mass is 9.89. The highest BCUT2D eigenvalue weighted by Crippen LogP contribution is 2.38. The van der Waals surface area contributed by atoms with Crippen molar-refractivity contribution >= 4 is 11.8 Å². The lowest BCUT2D eigenvalue weighted by molar-refractivity contribution is -0.135. The molecule has 3 aromatic rings. The molecule has 5 rings (SSSR count). The van der Waals surface area contributed by atoms with E-state index >= 15 is 0 Å². The van der Waals surface area contributed by atoms with Crippen LogP contribution >= 0.6 is 0 Å². The smallest absolute Gasteiger partial charge is 0.271 e. The molecule has 2 atom stereocenters. The van der Waals surface area contributed by atoms with E-state index < -0.39 is 5.54 Å². The predicted molar refractivity (Wildman–Crippen MR) is 144 cm³/mol. The van der Waals surface area contributed by atoms with Gasteiger partial charge in [0.2, 0.25) is 5.91 Å². The summed E-state index contributed by atoms with van der Waals surface area (Å²) in [6, 6.07) is 24.0. The molecule has 5 heteroatoms. The average molecular weight is 484 g/mol. The van der Waals surface area contributed by atoms with E-state index in [2.05, 4.69) is 17.4 Å². The molecule has 1 N–H and O–H groups in total. The second-order valence-corrected chi connectivity index (χ2v) is 10.6. The van der Waals surface area contributed by atoms with Crippen LogP contribution in [0.4, 0.5) is 0 Å². The second kappa shape index (κ2) is 10.3. The van der Waals surface area contributed by atoms with Crippen molar-refractivity contribution in [2.75, 3.05) is 0 Å². The van der Waals surface area contributed by atoms with Crippen molar-refractivity contribution in [2.24, 2.45) is 0 Å². The number of rotatable bonds is 5. The van der Waals surface area contributed by atoms with E-state index in [0.29, 0.717) is 12.2 Å². The quantitative estimate of drug-likeness (QED) is 0.459. The number of fused-ring (bicyclic) bond motifs is 1. The Labute approximate surface area is 214 Å². The summed E-state index contributed by atoms with van der Waals surface area (Å²) in [5.41, 5.74) is 2.65. The maximum Gasteiger partial charge on any atom is 0.271 e. The van der Waals surface area contributed by atoms with Gasteiger partial charge in [-0.05, 0) is 49.9 Å². The van der Waals surface area contributed by atoms with Gasteiger partial charge < -0.3 is 14.8 Å². The van der Waals surface area contributed by atoms with E-state index in [1.807, 2.05) is 84.0 Å². The van der Waals surface area contributed by atoms with Gasteiger partial charge in [0.15, 0.2) is 0 Å². The number of hydrogen-bond acceptors (Lipinski definition) is 2. The van der Waals surface area contributed by atoms with E-state index in [9.17, 15) is 9.59 Å². The zero-order valence-electron chi connectivity index (χ0n) is 21.5. The third-order valence-corrected chi connectivity index (χ3v) is 8.08. The molecule has 5 nitrogen and oxygen atoms in total. The molecule has 1 aliphatic carbocycles. The minimum absolute atomic E-state index is 0.0532. The van der Waals surface area contributed by atoms with Gasteiger partial charge in [-0.1, -0.05) is 92.8 Å². The van der Waals surface area contributed by atoms with Crippen LogP contribution < -0.4 is 5.32 Å². The Kier molecular flexibility index (Phi) is 6.99. The highest BCUT2D eigenvalue weighted by molar-refractivity contribution is 6.01. The van der Waals surface area contributed by atoms with Crippen LogP contribution in [0.3, 0.4) is 0 Å². The lowest BCUT2D eigenvalue weighted by Crippen LogP contribution is -2.65. The first-order valence-electron chi connectivity index (χ1n) is 13.4. The molecule has 1 aliphatic heterocycles. The number of carbonyl (C=O) groups excluding carboxylic acids is 2. The van der Waals surface area contributed by atoms with E-state index in [4.69, 9.17) is 0 Å². The van der Waals surface area contributed by atoms with Crippen LogP contribution in [0.25, 0.3) is 11.3 Å². The standard InChI is InChI=1S/C31H37N3O2/c1-23(24-14-8-6-9-15-24)34-29(35)28-21-20-27(25-16-10-7-11-17-25)33(28)22-31(34,2)30(36)32-26-18-12-4-3-5-13-19-26/h6-11,14-17,20-21,23,26H,3-5,12-13,18-19,22H2,1-2H3,(H,32,36). The van der Waals surface area contributed by atoms with Gasteiger partial charge in [-0.25, -0.2) is 0 Å². The number of nitrogens with one attached hydrogen (secondary N) is 1. The van der Waals surface area contributed by atoms with Gasteiger partial charge in [-0.3, -0.25) is 9.59 Å². The Morgan fingerprint density at radius 3 is 2.11 bits per heavy atom. The summed E-state index contributed by atoms with van der Waals surface area (Å²) in [7, 11) is 0. The Morgan fingerprint density at radius 2 is 1.44 bits per heavy atom. The zero-order chi connectivity index (χ0) is 25.1. The Bertz CT molecular complexity index is 1200. The summed E-state index contributed by atoms with van der Waals surface area (Å²) >= 11 is 0. The third kappa shape index (κ3) is 4.59. The predicted octanol–water partition coefficient (Wildman–Crippen LogP) is 6.36. The summed E-state index contributed by atoms with van der Waals surface area (Å²) in [4.78, 5) is 30.1. The normalized spacial score (nSPS) is 21.8. The van der Waals surface area contributed by atoms with Gasteiger partial charge >= 0.3 is 0 Å². The van der Waals surface area contributed by atoms with E-state index in [0.717, 1.165) is 42.5 Å². The van der Waals surface area contributed by atoms with Crippen molar-refractivity contribution in [1.29, 1.82) is 0 Å². The van der Waals surface area contributed by atoms with Crippen LogP contribution in [0.2, 0.25) is 0 Å². The number of benzene rings is 2. The SMILES string of the molecule is CC(c1ccccc1)N1C(=O)c2ccc(-c3ccccc3)n2CC1(C)C(=O)NC1CCCCCCC1. The molecule has 1 saturated carbocycles. The van der Waals surface area contributed by atoms with Crippen molar-refractivity contribution in [3.63, 3.8) is 0 Å². The Balaban J connectivity index is 1.54. The Morgan fingerprint density at radius 1 is 0.861 bits per heavy atom. The first kappa shape index (κ1) is 24.4. The van der Waals surface area contributed by atoms with E-state index in [-0.39, 0.29) is 23.9 Å². The number of carbonyl (C=O) groups is 2. The van der Waals surface area contributed by atoms with Crippen LogP contribution in [-0.4, -0.2) is 32.9 Å². The summed E-state index contributed by atoms with van der Waals surface area (Å²) < 4.78 is 2.05. The zero-order valence-corrected chi connectivity index (χ0v) is 21.5. The molecule has 0 spiro atoms. The fraction of sp³-hybridized carbons (Fsp3) is 0.419. The highest BCUT2D eigenvalue weighted by Gasteiger charge is 2.50. The van der Waals surface area contributed by atoms with Crippen molar-refractivity contribution < 1.29 is 9.59 Å².